The number of carbonyl (C=O) groups is 1. The van der Waals surface area contributed by atoms with Crippen molar-refractivity contribution in [3.8, 4) is 33.8 Å². The number of H-pyrrole nitrogens is 1. The quantitative estimate of drug-likeness (QED) is 0.592. The van der Waals surface area contributed by atoms with Crippen molar-refractivity contribution in [3.05, 3.63) is 72.9 Å². The second-order valence-corrected chi connectivity index (χ2v) is 5.56. The highest BCUT2D eigenvalue weighted by atomic mass is 16.1. The highest BCUT2D eigenvalue weighted by Gasteiger charge is 2.18. The first-order valence-electron chi connectivity index (χ1n) is 7.91. The van der Waals surface area contributed by atoms with Crippen molar-refractivity contribution in [2.75, 3.05) is 0 Å². The lowest BCUT2D eigenvalue weighted by Gasteiger charge is -2.10. The molecule has 126 valence electrons. The zero-order chi connectivity index (χ0) is 17.9. The predicted octanol–water partition coefficient (Wildman–Crippen LogP) is 2.69. The van der Waals surface area contributed by atoms with Crippen LogP contribution in [0.2, 0.25) is 0 Å². The van der Waals surface area contributed by atoms with Crippen LogP contribution in [-0.2, 0) is 0 Å². The topological polar surface area (TPSA) is 110 Å². The third kappa shape index (κ3) is 2.82. The summed E-state index contributed by atoms with van der Waals surface area (Å²) in [5.41, 5.74) is 10.1. The van der Waals surface area contributed by atoms with Crippen molar-refractivity contribution >= 4 is 5.91 Å². The molecule has 4 rings (SSSR count). The van der Waals surface area contributed by atoms with Crippen LogP contribution in [0.5, 0.6) is 0 Å². The molecule has 0 saturated carbocycles. The smallest absolute Gasteiger partial charge is 0.267 e. The van der Waals surface area contributed by atoms with Gasteiger partial charge in [0.15, 0.2) is 0 Å². The monoisotopic (exact) mass is 342 g/mol. The number of aromatic nitrogens is 5. The van der Waals surface area contributed by atoms with Gasteiger partial charge in [0.1, 0.15) is 11.4 Å². The Balaban J connectivity index is 1.94. The Morgan fingerprint density at radius 2 is 1.77 bits per heavy atom. The molecule has 0 atom stereocenters. The van der Waals surface area contributed by atoms with E-state index in [-0.39, 0.29) is 5.69 Å². The van der Waals surface area contributed by atoms with Gasteiger partial charge >= 0.3 is 0 Å². The molecule has 0 radical (unpaired) electrons. The number of nitrogens with zero attached hydrogens (tertiary/aromatic N) is 4. The Bertz CT molecular complexity index is 1060. The molecule has 0 aliphatic rings. The van der Waals surface area contributed by atoms with Crippen molar-refractivity contribution in [1.29, 1.82) is 0 Å². The van der Waals surface area contributed by atoms with Crippen LogP contribution in [0.25, 0.3) is 33.8 Å². The van der Waals surface area contributed by atoms with Gasteiger partial charge in [0.25, 0.3) is 5.91 Å². The number of primary amides is 1. The van der Waals surface area contributed by atoms with Gasteiger partial charge in [0, 0.05) is 41.5 Å². The van der Waals surface area contributed by atoms with Crippen molar-refractivity contribution in [1.82, 2.24) is 25.1 Å². The summed E-state index contributed by atoms with van der Waals surface area (Å²) >= 11 is 0. The van der Waals surface area contributed by atoms with Crippen LogP contribution in [0.1, 0.15) is 10.5 Å². The molecule has 4 aromatic rings. The lowest BCUT2D eigenvalue weighted by atomic mass is 9.98. The number of pyridine rings is 3. The lowest BCUT2D eigenvalue weighted by Crippen LogP contribution is -2.13. The first kappa shape index (κ1) is 15.6. The molecule has 4 aromatic heterocycles. The van der Waals surface area contributed by atoms with Gasteiger partial charge < -0.3 is 5.73 Å². The summed E-state index contributed by atoms with van der Waals surface area (Å²) in [5.74, 6) is -0.580. The van der Waals surface area contributed by atoms with Crippen LogP contribution in [0.15, 0.2) is 67.3 Å². The van der Waals surface area contributed by atoms with Gasteiger partial charge in [-0.1, -0.05) is 6.07 Å². The number of aromatic amines is 1. The molecule has 0 bridgehead atoms. The van der Waals surface area contributed by atoms with Gasteiger partial charge in [-0.15, -0.1) is 0 Å². The summed E-state index contributed by atoms with van der Waals surface area (Å²) in [6.45, 7) is 0. The van der Waals surface area contributed by atoms with Crippen molar-refractivity contribution in [3.63, 3.8) is 0 Å². The number of carbonyl (C=O) groups excluding carboxylic acids is 1. The normalized spacial score (nSPS) is 10.6. The fourth-order valence-electron chi connectivity index (χ4n) is 2.74. The predicted molar refractivity (Wildman–Crippen MR) is 96.8 cm³/mol. The minimum atomic E-state index is -0.580. The van der Waals surface area contributed by atoms with Crippen LogP contribution in [-0.4, -0.2) is 31.1 Å². The van der Waals surface area contributed by atoms with Crippen molar-refractivity contribution in [2.45, 2.75) is 0 Å². The summed E-state index contributed by atoms with van der Waals surface area (Å²) in [7, 11) is 0. The summed E-state index contributed by atoms with van der Waals surface area (Å²) in [5, 5.41) is 7.23. The zero-order valence-corrected chi connectivity index (χ0v) is 13.6. The summed E-state index contributed by atoms with van der Waals surface area (Å²) < 4.78 is 0. The first-order valence-corrected chi connectivity index (χ1v) is 7.91. The number of hydrogen-bond donors (Lipinski definition) is 2. The maximum Gasteiger partial charge on any atom is 0.267 e. The van der Waals surface area contributed by atoms with Crippen LogP contribution < -0.4 is 5.73 Å². The average molecular weight is 342 g/mol. The molecule has 1 amide bonds. The Morgan fingerprint density at radius 1 is 0.923 bits per heavy atom. The SMILES string of the molecule is NC(=O)c1ccc(-c2c[nH]nc2-c2ccccn2)c(-c2ccncc2)n1. The largest absolute Gasteiger partial charge is 0.364 e. The Labute approximate surface area is 149 Å². The number of amides is 1. The molecule has 0 aliphatic carbocycles. The fraction of sp³-hybridized carbons (Fsp3) is 0. The zero-order valence-electron chi connectivity index (χ0n) is 13.6. The second kappa shape index (κ2) is 6.56. The van der Waals surface area contributed by atoms with E-state index in [0.29, 0.717) is 11.4 Å². The van der Waals surface area contributed by atoms with Crippen LogP contribution in [0, 0.1) is 0 Å². The Kier molecular flexibility index (Phi) is 3.95. The standard InChI is InChI=1S/C19H14N6O/c20-19(26)16-5-4-13(17(24-16)12-6-9-21-10-7-12)14-11-23-25-18(14)15-3-1-2-8-22-15/h1-11H,(H2,20,26)(H,23,25). The molecule has 4 heterocycles. The lowest BCUT2D eigenvalue weighted by molar-refractivity contribution is 0.0995. The molecule has 0 aromatic carbocycles. The summed E-state index contributed by atoms with van der Waals surface area (Å²) in [4.78, 5) is 24.5. The molecule has 0 fully saturated rings. The van der Waals surface area contributed by atoms with E-state index in [9.17, 15) is 4.79 Å². The number of hydrogen-bond acceptors (Lipinski definition) is 5. The van der Waals surface area contributed by atoms with Gasteiger partial charge in [-0.25, -0.2) is 4.98 Å². The van der Waals surface area contributed by atoms with Gasteiger partial charge in [-0.05, 0) is 36.4 Å². The van der Waals surface area contributed by atoms with Crippen LogP contribution in [0.4, 0.5) is 0 Å². The molecule has 0 spiro atoms. The number of nitrogens with two attached hydrogens (primary N) is 1. The van der Waals surface area contributed by atoms with E-state index in [1.165, 1.54) is 0 Å². The first-order chi connectivity index (χ1) is 12.7. The molecule has 26 heavy (non-hydrogen) atoms. The Hall–Kier alpha value is -3.87. The summed E-state index contributed by atoms with van der Waals surface area (Å²) in [6, 6.07) is 12.7. The van der Waals surface area contributed by atoms with Gasteiger partial charge in [-0.2, -0.15) is 5.10 Å². The van der Waals surface area contributed by atoms with E-state index >= 15 is 0 Å². The van der Waals surface area contributed by atoms with E-state index < -0.39 is 5.91 Å². The molecule has 3 N–H and O–H groups in total. The fourth-order valence-corrected chi connectivity index (χ4v) is 2.74. The van der Waals surface area contributed by atoms with E-state index in [1.807, 2.05) is 36.4 Å². The van der Waals surface area contributed by atoms with E-state index in [0.717, 1.165) is 22.4 Å². The molecule has 0 aliphatic heterocycles. The average Bonchev–Trinajstić information content (AvgIpc) is 3.18. The molecule has 0 saturated heterocycles. The van der Waals surface area contributed by atoms with Gasteiger partial charge in [-0.3, -0.25) is 19.9 Å². The van der Waals surface area contributed by atoms with Crippen molar-refractivity contribution < 1.29 is 4.79 Å². The van der Waals surface area contributed by atoms with E-state index in [4.69, 9.17) is 5.73 Å². The molecule has 7 heteroatoms. The van der Waals surface area contributed by atoms with Crippen LogP contribution in [0.3, 0.4) is 0 Å². The van der Waals surface area contributed by atoms with Crippen LogP contribution >= 0.6 is 0 Å². The third-order valence-electron chi connectivity index (χ3n) is 3.94. The molecular formula is C19H14N6O. The van der Waals surface area contributed by atoms with Crippen molar-refractivity contribution in [2.24, 2.45) is 5.73 Å². The minimum absolute atomic E-state index is 0.198. The maximum absolute atomic E-state index is 11.6. The Morgan fingerprint density at radius 3 is 2.50 bits per heavy atom. The van der Waals surface area contributed by atoms with Gasteiger partial charge in [0.05, 0.1) is 11.4 Å². The highest BCUT2D eigenvalue weighted by Crippen LogP contribution is 2.35. The molecule has 0 unspecified atom stereocenters. The highest BCUT2D eigenvalue weighted by molar-refractivity contribution is 5.94. The maximum atomic E-state index is 11.6. The minimum Gasteiger partial charge on any atom is -0.364 e. The van der Waals surface area contributed by atoms with E-state index in [2.05, 4.69) is 25.1 Å². The second-order valence-electron chi connectivity index (χ2n) is 5.56. The third-order valence-corrected chi connectivity index (χ3v) is 3.94. The number of rotatable bonds is 4. The number of nitrogens with one attached hydrogen (secondary N) is 1. The van der Waals surface area contributed by atoms with E-state index in [1.54, 1.807) is 30.9 Å². The summed E-state index contributed by atoms with van der Waals surface area (Å²) in [6.07, 6.45) is 6.85. The van der Waals surface area contributed by atoms with Gasteiger partial charge in [0.2, 0.25) is 0 Å². The molecular weight excluding hydrogens is 328 g/mol. The molecule has 7 nitrogen and oxygen atoms in total.